The van der Waals surface area contributed by atoms with E-state index in [4.69, 9.17) is 16.3 Å². The second-order valence-electron chi connectivity index (χ2n) is 8.25. The van der Waals surface area contributed by atoms with Crippen molar-refractivity contribution in [3.05, 3.63) is 74.4 Å². The zero-order valence-corrected chi connectivity index (χ0v) is 20.9. The fourth-order valence-corrected chi connectivity index (χ4v) is 6.26. The minimum atomic E-state index is -3.86. The predicted molar refractivity (Wildman–Crippen MR) is 134 cm³/mol. The van der Waals surface area contributed by atoms with Gasteiger partial charge in [-0.3, -0.25) is 4.79 Å². The lowest BCUT2D eigenvalue weighted by Crippen LogP contribution is -2.33. The lowest BCUT2D eigenvalue weighted by Gasteiger charge is -2.16. The van der Waals surface area contributed by atoms with Gasteiger partial charge in [0.1, 0.15) is 22.9 Å². The maximum absolute atomic E-state index is 13.3. The number of sulfonamides is 1. The molecule has 35 heavy (non-hydrogen) atoms. The van der Waals surface area contributed by atoms with Crippen LogP contribution in [0.5, 0.6) is 5.75 Å². The van der Waals surface area contributed by atoms with Gasteiger partial charge in [-0.05, 0) is 49.2 Å². The van der Waals surface area contributed by atoms with Crippen LogP contribution in [-0.4, -0.2) is 34.4 Å². The molecule has 1 aliphatic rings. The van der Waals surface area contributed by atoms with Crippen molar-refractivity contribution in [1.82, 2.24) is 24.7 Å². The van der Waals surface area contributed by atoms with Crippen molar-refractivity contribution in [1.29, 1.82) is 0 Å². The number of halogens is 1. The van der Waals surface area contributed by atoms with Gasteiger partial charge in [0.15, 0.2) is 0 Å². The highest BCUT2D eigenvalue weighted by Gasteiger charge is 2.26. The van der Waals surface area contributed by atoms with Crippen LogP contribution in [-0.2, 0) is 16.6 Å². The van der Waals surface area contributed by atoms with Gasteiger partial charge in [0.25, 0.3) is 0 Å². The van der Waals surface area contributed by atoms with E-state index in [1.807, 2.05) is 12.1 Å². The molecule has 2 aromatic heterocycles. The third-order valence-electron chi connectivity index (χ3n) is 5.73. The third-order valence-corrected chi connectivity index (χ3v) is 8.18. The van der Waals surface area contributed by atoms with Crippen molar-refractivity contribution in [3.63, 3.8) is 0 Å². The molecular formula is C23H22ClN5O4S2. The van der Waals surface area contributed by atoms with Gasteiger partial charge >= 0.3 is 4.87 Å². The zero-order valence-electron chi connectivity index (χ0n) is 18.5. The molecule has 1 aliphatic carbocycles. The van der Waals surface area contributed by atoms with E-state index in [0.717, 1.165) is 42.7 Å². The number of nitrogens with one attached hydrogen (secondary N) is 2. The van der Waals surface area contributed by atoms with Crippen LogP contribution in [0.25, 0.3) is 16.9 Å². The summed E-state index contributed by atoms with van der Waals surface area (Å²) >= 11 is 7.07. The van der Waals surface area contributed by atoms with Crippen molar-refractivity contribution < 1.29 is 13.2 Å². The first-order valence-electron chi connectivity index (χ1n) is 11.0. The van der Waals surface area contributed by atoms with Crippen LogP contribution in [0.3, 0.4) is 0 Å². The molecule has 9 nitrogen and oxygen atoms in total. The van der Waals surface area contributed by atoms with E-state index in [2.05, 4.69) is 20.0 Å². The number of benzene rings is 2. The number of thiazole rings is 1. The van der Waals surface area contributed by atoms with Crippen molar-refractivity contribution >= 4 is 33.0 Å². The molecule has 0 unspecified atom stereocenters. The Hall–Kier alpha value is -2.99. The highest BCUT2D eigenvalue weighted by Crippen LogP contribution is 2.31. The number of H-pyrrole nitrogens is 1. The molecule has 1 saturated carbocycles. The van der Waals surface area contributed by atoms with E-state index in [9.17, 15) is 13.2 Å². The molecule has 1 fully saturated rings. The van der Waals surface area contributed by atoms with Crippen LogP contribution < -0.4 is 14.3 Å². The van der Waals surface area contributed by atoms with Gasteiger partial charge in [-0.25, -0.2) is 17.8 Å². The molecule has 4 aromatic rings. The molecule has 0 amide bonds. The summed E-state index contributed by atoms with van der Waals surface area (Å²) in [5.74, 6) is 0.189. The molecule has 5 rings (SSSR count). The summed E-state index contributed by atoms with van der Waals surface area (Å²) in [5.41, 5.74) is 2.39. The standard InChI is InChI=1S/C23H22ClN5O4S2/c24-16-4-3-7-19(11-16)29-12-18(26-28-29)13-33-21-9-8-15(20-14-34-23(30)25-20)10-22(21)35(31,32)27-17-5-1-2-6-17/h3-4,7-12,14,17,27H,1-2,5-6,13H2,(H,25,30). The van der Waals surface area contributed by atoms with E-state index in [1.165, 1.54) is 6.07 Å². The summed E-state index contributed by atoms with van der Waals surface area (Å²) in [5, 5.41) is 10.5. The van der Waals surface area contributed by atoms with E-state index in [1.54, 1.807) is 40.5 Å². The first-order chi connectivity index (χ1) is 16.9. The number of nitrogens with zero attached hydrogens (tertiary/aromatic N) is 3. The highest BCUT2D eigenvalue weighted by atomic mass is 35.5. The fraction of sp³-hybridized carbons (Fsp3) is 0.261. The number of hydrogen-bond acceptors (Lipinski definition) is 7. The highest BCUT2D eigenvalue weighted by molar-refractivity contribution is 7.89. The SMILES string of the molecule is O=c1[nH]c(-c2ccc(OCc3cn(-c4cccc(Cl)c4)nn3)c(S(=O)(=O)NC3CCCC3)c2)cs1. The van der Waals surface area contributed by atoms with Gasteiger partial charge in [-0.15, -0.1) is 5.10 Å². The number of rotatable bonds is 8. The fourth-order valence-electron chi connectivity index (χ4n) is 4.01. The molecule has 0 aliphatic heterocycles. The Morgan fingerprint density at radius 3 is 2.77 bits per heavy atom. The Kier molecular flexibility index (Phi) is 6.74. The van der Waals surface area contributed by atoms with Gasteiger partial charge in [-0.2, -0.15) is 0 Å². The van der Waals surface area contributed by atoms with Crippen molar-refractivity contribution in [2.45, 2.75) is 43.2 Å². The van der Waals surface area contributed by atoms with Crippen LogP contribution in [0.1, 0.15) is 31.4 Å². The average molecular weight is 532 g/mol. The molecule has 0 atom stereocenters. The molecule has 0 bridgehead atoms. The molecule has 0 spiro atoms. The lowest BCUT2D eigenvalue weighted by atomic mass is 10.2. The Morgan fingerprint density at radius 2 is 2.03 bits per heavy atom. The summed E-state index contributed by atoms with van der Waals surface area (Å²) in [6.45, 7) is 0.0150. The van der Waals surface area contributed by atoms with Gasteiger partial charge < -0.3 is 9.72 Å². The molecule has 2 N–H and O–H groups in total. The molecule has 182 valence electrons. The van der Waals surface area contributed by atoms with Crippen molar-refractivity contribution in [2.24, 2.45) is 0 Å². The van der Waals surface area contributed by atoms with E-state index >= 15 is 0 Å². The summed E-state index contributed by atoms with van der Waals surface area (Å²) in [6, 6.07) is 11.9. The minimum Gasteiger partial charge on any atom is -0.486 e. The first kappa shape index (κ1) is 23.7. The van der Waals surface area contributed by atoms with Gasteiger partial charge in [0, 0.05) is 22.0 Å². The molecule has 2 aromatic carbocycles. The zero-order chi connectivity index (χ0) is 24.4. The number of aromatic nitrogens is 4. The first-order valence-corrected chi connectivity index (χ1v) is 13.8. The number of hydrogen-bond donors (Lipinski definition) is 2. The quantitative estimate of drug-likeness (QED) is 0.353. The van der Waals surface area contributed by atoms with Crippen LogP contribution in [0.4, 0.5) is 0 Å². The Morgan fingerprint density at radius 1 is 1.20 bits per heavy atom. The van der Waals surface area contributed by atoms with Gasteiger partial charge in [0.05, 0.1) is 17.6 Å². The molecule has 12 heteroatoms. The van der Waals surface area contributed by atoms with E-state index < -0.39 is 10.0 Å². The molecular weight excluding hydrogens is 510 g/mol. The minimum absolute atomic E-state index is 0.0104. The second kappa shape index (κ2) is 9.94. The smallest absolute Gasteiger partial charge is 0.304 e. The largest absolute Gasteiger partial charge is 0.486 e. The lowest BCUT2D eigenvalue weighted by molar-refractivity contribution is 0.293. The topological polar surface area (TPSA) is 119 Å². The second-order valence-corrected chi connectivity index (χ2v) is 11.2. The molecule has 0 saturated heterocycles. The summed E-state index contributed by atoms with van der Waals surface area (Å²) in [7, 11) is -3.86. The van der Waals surface area contributed by atoms with Gasteiger partial charge in [0.2, 0.25) is 10.0 Å². The van der Waals surface area contributed by atoms with E-state index in [0.29, 0.717) is 22.0 Å². The van der Waals surface area contributed by atoms with Crippen molar-refractivity contribution in [3.8, 4) is 22.7 Å². The Bertz CT molecular complexity index is 1510. The maximum Gasteiger partial charge on any atom is 0.304 e. The summed E-state index contributed by atoms with van der Waals surface area (Å²) < 4.78 is 36.9. The van der Waals surface area contributed by atoms with E-state index in [-0.39, 0.29) is 28.2 Å². The average Bonchev–Trinajstić information content (AvgIpc) is 3.60. The van der Waals surface area contributed by atoms with Crippen LogP contribution >= 0.6 is 22.9 Å². The number of ether oxygens (including phenoxy) is 1. The number of aromatic amines is 1. The Balaban J connectivity index is 1.42. The van der Waals surface area contributed by atoms with Crippen LogP contribution in [0.2, 0.25) is 5.02 Å². The van der Waals surface area contributed by atoms with Gasteiger partial charge in [-0.1, -0.05) is 47.1 Å². The van der Waals surface area contributed by atoms with Crippen LogP contribution in [0.15, 0.2) is 63.7 Å². The predicted octanol–water partition coefficient (Wildman–Crippen LogP) is 4.14. The third kappa shape index (κ3) is 5.48. The van der Waals surface area contributed by atoms with Crippen molar-refractivity contribution in [2.75, 3.05) is 0 Å². The summed E-state index contributed by atoms with van der Waals surface area (Å²) in [4.78, 5) is 14.1. The molecule has 0 radical (unpaired) electrons. The Labute approximate surface area is 210 Å². The maximum atomic E-state index is 13.3. The molecule has 2 heterocycles. The monoisotopic (exact) mass is 531 g/mol. The normalized spacial score (nSPS) is 14.4. The van der Waals surface area contributed by atoms with Crippen LogP contribution in [0, 0.1) is 0 Å². The summed E-state index contributed by atoms with van der Waals surface area (Å²) in [6.07, 6.45) is 5.30.